The average Bonchev–Trinajstić information content (AvgIpc) is 1.45. The lowest BCUT2D eigenvalue weighted by Gasteiger charge is -2.40. The summed E-state index contributed by atoms with van der Waals surface area (Å²) < 4.78 is 109. The number of fused-ring (bicyclic) bond motifs is 2. The minimum atomic E-state index is -5.43. The smallest absolute Gasteiger partial charge is 0.475 e. The van der Waals surface area contributed by atoms with Crippen LogP contribution in [0.2, 0.25) is 0 Å². The third-order valence-corrected chi connectivity index (χ3v) is 17.3. The van der Waals surface area contributed by atoms with E-state index in [1.807, 2.05) is 54.6 Å². The molecule has 4 fully saturated rings. The first kappa shape index (κ1) is 61.8. The highest BCUT2D eigenvalue weighted by atomic mass is 31.2. The molecular formula is C60H62N9O20P. The number of nitrogens with zero attached hydrogens (tertiary/aromatic N) is 6. The molecule has 1 unspecified atom stereocenters. The molecule has 0 spiro atoms. The van der Waals surface area contributed by atoms with Crippen molar-refractivity contribution in [1.29, 1.82) is 0 Å². The molecule has 12 rings (SSSR count). The lowest BCUT2D eigenvalue weighted by molar-refractivity contribution is -0.122. The Morgan fingerprint density at radius 2 is 1.14 bits per heavy atom. The van der Waals surface area contributed by atoms with Crippen molar-refractivity contribution in [1.82, 2.24) is 38.6 Å². The van der Waals surface area contributed by atoms with Gasteiger partial charge in [0.2, 0.25) is 0 Å². The topological polar surface area (TPSA) is 329 Å². The number of nitrogens with one attached hydrogen (secondary N) is 3. The van der Waals surface area contributed by atoms with Gasteiger partial charge in [-0.25, -0.2) is 29.1 Å². The number of hydrogen-bond donors (Lipinski definition) is 3. The zero-order chi connectivity index (χ0) is 62.7. The van der Waals surface area contributed by atoms with Crippen LogP contribution in [0.25, 0.3) is 11.2 Å². The number of ether oxygens (including phenoxy) is 11. The Morgan fingerprint density at radius 3 is 1.72 bits per heavy atom. The van der Waals surface area contributed by atoms with Crippen LogP contribution in [-0.4, -0.2) is 162 Å². The molecule has 90 heavy (non-hydrogen) atoms. The predicted octanol–water partition coefficient (Wildman–Crippen LogP) is 4.21. The molecule has 30 heteroatoms. The Labute approximate surface area is 511 Å². The highest BCUT2D eigenvalue weighted by molar-refractivity contribution is 7.48. The van der Waals surface area contributed by atoms with E-state index in [1.165, 1.54) is 60.6 Å². The van der Waals surface area contributed by atoms with Gasteiger partial charge in [-0.1, -0.05) is 72.8 Å². The molecule has 0 aliphatic carbocycles. The molecular weight excluding hydrogens is 1200 g/mol. The molecule has 4 aromatic heterocycles. The number of imidazole rings is 1. The summed E-state index contributed by atoms with van der Waals surface area (Å²) in [4.78, 5) is 83.9. The number of methoxy groups -OCH3 is 5. The van der Waals surface area contributed by atoms with Gasteiger partial charge in [-0.2, -0.15) is 0 Å². The summed E-state index contributed by atoms with van der Waals surface area (Å²) in [6.07, 6.45) is -10.4. The van der Waals surface area contributed by atoms with Gasteiger partial charge in [0, 0.05) is 51.4 Å². The summed E-state index contributed by atoms with van der Waals surface area (Å²) in [7, 11) is 1.75. The number of anilines is 1. The number of aromatic amines is 2. The maximum Gasteiger partial charge on any atom is 0.475 e. The maximum absolute atomic E-state index is 16.9. The van der Waals surface area contributed by atoms with Crippen LogP contribution in [0.5, 0.6) is 11.5 Å². The molecule has 0 bridgehead atoms. The van der Waals surface area contributed by atoms with Gasteiger partial charge in [0.15, 0.2) is 35.7 Å². The Morgan fingerprint density at radius 1 is 0.600 bits per heavy atom. The number of carbonyl (C=O) groups excluding carboxylic acids is 1. The first-order chi connectivity index (χ1) is 43.8. The number of hydrogen-bond acceptors (Lipinski definition) is 23. The lowest BCUT2D eigenvalue weighted by atomic mass is 9.79. The Kier molecular flexibility index (Phi) is 18.3. The molecule has 8 aromatic rings. The number of H-pyrrole nitrogens is 2. The predicted molar refractivity (Wildman–Crippen MR) is 314 cm³/mol. The highest BCUT2D eigenvalue weighted by Gasteiger charge is 2.59. The lowest BCUT2D eigenvalue weighted by Crippen LogP contribution is -2.47. The van der Waals surface area contributed by atoms with Crippen LogP contribution in [0.1, 0.15) is 45.7 Å². The second-order valence-corrected chi connectivity index (χ2v) is 22.6. The normalized spacial score (nSPS) is 25.5. The third kappa shape index (κ3) is 12.1. The van der Waals surface area contributed by atoms with E-state index >= 15 is 4.57 Å². The van der Waals surface area contributed by atoms with Crippen molar-refractivity contribution in [3.05, 3.63) is 210 Å². The number of phosphoric ester groups is 1. The van der Waals surface area contributed by atoms with Crippen LogP contribution in [-0.2, 0) is 66.4 Å². The first-order valence-electron chi connectivity index (χ1n) is 28.3. The molecule has 472 valence electrons. The Balaban J connectivity index is 0.974. The molecule has 4 aliphatic rings. The minimum absolute atomic E-state index is 0.118. The number of phosphoric acid groups is 1. The van der Waals surface area contributed by atoms with Crippen molar-refractivity contribution in [2.24, 2.45) is 0 Å². The van der Waals surface area contributed by atoms with Crippen LogP contribution in [0.3, 0.4) is 0 Å². The molecule has 1 amide bonds. The summed E-state index contributed by atoms with van der Waals surface area (Å²) in [5.41, 5.74) is -2.36. The van der Waals surface area contributed by atoms with Gasteiger partial charge < -0.3 is 57.4 Å². The fourth-order valence-corrected chi connectivity index (χ4v) is 13.2. The number of amides is 1. The van der Waals surface area contributed by atoms with Crippen LogP contribution in [0.4, 0.5) is 5.82 Å². The largest absolute Gasteiger partial charge is 0.497 e. The van der Waals surface area contributed by atoms with Crippen molar-refractivity contribution in [2.45, 2.75) is 79.2 Å². The second kappa shape index (κ2) is 26.6. The molecule has 3 N–H and O–H groups in total. The van der Waals surface area contributed by atoms with Gasteiger partial charge in [-0.3, -0.25) is 51.6 Å². The summed E-state index contributed by atoms with van der Waals surface area (Å²) >= 11 is 0. The Hall–Kier alpha value is -8.39. The number of aromatic nitrogens is 8. The SMILES string of the molecule is COC[C@H]1O[C@@H](n2ccc(=O)[nH]c2=O)[C@H](OP(=O)(OC[C@H]2O[C@@H](n3cnc4c(NC(=O)c5ccccc5)ncnc43)[C@@H]3OCO[C@@H]32)O[C@H]2[C@@H](OC)[C@H](n3ccc(=O)[nH]c3=O)O[C@@H]2COC)[C@@H]1OC(c1ccccc1)(c1ccc(OC)cc1)c1ccc(OC)cc1. The zero-order valence-corrected chi connectivity index (χ0v) is 49.8. The van der Waals surface area contributed by atoms with E-state index in [9.17, 15) is 24.0 Å². The van der Waals surface area contributed by atoms with E-state index in [4.69, 9.17) is 65.7 Å². The van der Waals surface area contributed by atoms with Gasteiger partial charge in [0.1, 0.15) is 85.2 Å². The van der Waals surface area contributed by atoms with Crippen LogP contribution in [0.15, 0.2) is 166 Å². The van der Waals surface area contributed by atoms with Gasteiger partial charge in [0.05, 0.1) is 40.4 Å². The first-order valence-corrected chi connectivity index (χ1v) is 29.7. The highest BCUT2D eigenvalue weighted by Crippen LogP contribution is 2.59. The second-order valence-electron chi connectivity index (χ2n) is 21.1. The molecule has 13 atom stereocenters. The van der Waals surface area contributed by atoms with Crippen molar-refractivity contribution in [3.63, 3.8) is 0 Å². The van der Waals surface area contributed by atoms with Crippen LogP contribution >= 0.6 is 7.82 Å². The molecule has 29 nitrogen and oxygen atoms in total. The molecule has 8 heterocycles. The quantitative estimate of drug-likeness (QED) is 0.0563. The zero-order valence-electron chi connectivity index (χ0n) is 48.9. The fourth-order valence-electron chi connectivity index (χ4n) is 11.7. The summed E-state index contributed by atoms with van der Waals surface area (Å²) in [5.74, 6) is 0.738. The van der Waals surface area contributed by atoms with E-state index in [0.717, 1.165) is 21.3 Å². The monoisotopic (exact) mass is 1260 g/mol. The van der Waals surface area contributed by atoms with Crippen molar-refractivity contribution in [3.8, 4) is 11.5 Å². The number of benzene rings is 4. The standard InChI is InChI=1S/C60H62N9O20P/c1-76-28-40-47(87-60(35-14-10-7-11-15-35,36-16-20-38(78-3)21-17-36)37-18-22-39(79-4)23-19-37)51(57(84-40)68-27-25-44(71)65-59(68)74)89-90(75,88-48-41(29-77-2)85-55(49(48)80-5)67-26-24-43(70)64-58(67)73)83-30-42-46-50(82-33-81-46)56(86-42)69-32-63-45-52(61-31-62-53(45)69)66-54(72)34-12-8-6-9-13-34/h6-27,31-32,40-42,46-51,55-57H,28-30,33H2,1-5H3,(H,64,70,73)(H,65,71,74)(H,61,62,66,72)/t40-,41-,42-,46-,47-,48-,49-,50-,51-,55-,56-,57-,90?/m1/s1. The van der Waals surface area contributed by atoms with Crippen molar-refractivity contribution >= 4 is 30.7 Å². The maximum atomic E-state index is 16.9. The van der Waals surface area contributed by atoms with E-state index < -0.39 is 122 Å². The van der Waals surface area contributed by atoms with E-state index in [2.05, 4.69) is 30.2 Å². The molecule has 4 aliphatic heterocycles. The van der Waals surface area contributed by atoms with Crippen molar-refractivity contribution < 1.29 is 75.0 Å². The molecule has 0 saturated carbocycles. The molecule has 0 radical (unpaired) electrons. The van der Waals surface area contributed by atoms with Gasteiger partial charge in [0.25, 0.3) is 17.0 Å². The summed E-state index contributed by atoms with van der Waals surface area (Å²) in [6, 6.07) is 34.3. The van der Waals surface area contributed by atoms with Crippen LogP contribution < -0.4 is 37.3 Å². The van der Waals surface area contributed by atoms with Gasteiger partial charge in [-0.15, -0.1) is 0 Å². The summed E-state index contributed by atoms with van der Waals surface area (Å²) in [6.45, 7) is -1.33. The molecule has 4 saturated heterocycles. The minimum Gasteiger partial charge on any atom is -0.497 e. The van der Waals surface area contributed by atoms with Gasteiger partial charge in [-0.05, 0) is 53.1 Å². The fraction of sp³-hybridized carbons (Fsp3) is 0.367. The average molecular weight is 1260 g/mol. The van der Waals surface area contributed by atoms with E-state index in [1.54, 1.807) is 59.2 Å². The Bertz CT molecular complexity index is 4050. The van der Waals surface area contributed by atoms with Gasteiger partial charge >= 0.3 is 19.2 Å². The van der Waals surface area contributed by atoms with Crippen molar-refractivity contribution in [2.75, 3.05) is 67.5 Å². The number of carbonyl (C=O) groups is 1. The van der Waals surface area contributed by atoms with E-state index in [0.29, 0.717) is 33.8 Å². The van der Waals surface area contributed by atoms with E-state index in [-0.39, 0.29) is 37.0 Å². The third-order valence-electron chi connectivity index (χ3n) is 15.8. The summed E-state index contributed by atoms with van der Waals surface area (Å²) in [5, 5.41) is 2.80. The number of rotatable bonds is 24. The molecule has 4 aromatic carbocycles. The van der Waals surface area contributed by atoms with Crippen LogP contribution in [0, 0.1) is 0 Å².